The number of carbonyl (C=O) groups is 1. The number of nitrogens with zero attached hydrogens (tertiary/aromatic N) is 5. The standard InChI is InChI=1S/C8H12N6O3/c1-12(2)5-10-11-8(15)7-9-4-6(13(7)3)14(16)17/h4-5H,1-3H3,(H,11,15)/b10-5+. The summed E-state index contributed by atoms with van der Waals surface area (Å²) in [6.07, 6.45) is 2.40. The Bertz CT molecular complexity index is 464. The third-order valence-corrected chi connectivity index (χ3v) is 1.81. The van der Waals surface area contributed by atoms with E-state index in [1.807, 2.05) is 0 Å². The second kappa shape index (κ2) is 5.05. The number of imidazole rings is 1. The summed E-state index contributed by atoms with van der Waals surface area (Å²) >= 11 is 0. The highest BCUT2D eigenvalue weighted by atomic mass is 16.6. The number of hydrazone groups is 1. The average molecular weight is 240 g/mol. The van der Waals surface area contributed by atoms with E-state index in [4.69, 9.17) is 0 Å². The van der Waals surface area contributed by atoms with Gasteiger partial charge in [0.15, 0.2) is 0 Å². The molecule has 9 heteroatoms. The van der Waals surface area contributed by atoms with Crippen molar-refractivity contribution in [2.24, 2.45) is 12.1 Å². The molecule has 1 heterocycles. The Balaban J connectivity index is 2.80. The number of rotatable bonds is 4. The van der Waals surface area contributed by atoms with Gasteiger partial charge in [0.25, 0.3) is 5.82 Å². The van der Waals surface area contributed by atoms with Gasteiger partial charge in [-0.1, -0.05) is 0 Å². The first-order valence-corrected chi connectivity index (χ1v) is 4.59. The molecular weight excluding hydrogens is 228 g/mol. The average Bonchev–Trinajstić information content (AvgIpc) is 2.59. The lowest BCUT2D eigenvalue weighted by molar-refractivity contribution is -0.391. The van der Waals surface area contributed by atoms with Crippen LogP contribution in [0.25, 0.3) is 0 Å². The van der Waals surface area contributed by atoms with E-state index in [9.17, 15) is 14.9 Å². The van der Waals surface area contributed by atoms with Crippen molar-refractivity contribution >= 4 is 18.1 Å². The van der Waals surface area contributed by atoms with E-state index in [1.165, 1.54) is 13.4 Å². The Labute approximate surface area is 96.9 Å². The van der Waals surface area contributed by atoms with E-state index < -0.39 is 10.8 Å². The summed E-state index contributed by atoms with van der Waals surface area (Å²) in [7, 11) is 4.86. The maximum atomic E-state index is 11.5. The predicted octanol–water partition coefficient (Wildman–Crippen LogP) is -0.437. The molecule has 0 radical (unpaired) electrons. The normalized spacial score (nSPS) is 10.5. The van der Waals surface area contributed by atoms with Gasteiger partial charge in [-0.2, -0.15) is 5.10 Å². The van der Waals surface area contributed by atoms with Gasteiger partial charge >= 0.3 is 11.7 Å². The number of aromatic nitrogens is 2. The largest absolute Gasteiger partial charge is 0.367 e. The summed E-state index contributed by atoms with van der Waals surface area (Å²) in [5.41, 5.74) is 2.21. The van der Waals surface area contributed by atoms with Crippen LogP contribution in [0.15, 0.2) is 11.3 Å². The van der Waals surface area contributed by atoms with E-state index in [0.717, 1.165) is 10.8 Å². The third kappa shape index (κ3) is 3.00. The van der Waals surface area contributed by atoms with Crippen molar-refractivity contribution in [2.45, 2.75) is 0 Å². The molecule has 17 heavy (non-hydrogen) atoms. The van der Waals surface area contributed by atoms with Crippen molar-refractivity contribution in [3.63, 3.8) is 0 Å². The van der Waals surface area contributed by atoms with E-state index >= 15 is 0 Å². The molecule has 0 fully saturated rings. The maximum Gasteiger partial charge on any atom is 0.343 e. The van der Waals surface area contributed by atoms with Gasteiger partial charge in [-0.15, -0.1) is 0 Å². The van der Waals surface area contributed by atoms with Crippen LogP contribution in [0.2, 0.25) is 0 Å². The SMILES string of the molecule is CN(C)/C=N/NC(=O)c1ncc([N+](=O)[O-])n1C. The summed E-state index contributed by atoms with van der Waals surface area (Å²) in [6.45, 7) is 0. The van der Waals surface area contributed by atoms with Gasteiger partial charge in [-0.3, -0.25) is 4.79 Å². The summed E-state index contributed by atoms with van der Waals surface area (Å²) in [5.74, 6) is -0.946. The number of nitrogens with one attached hydrogen (secondary N) is 1. The van der Waals surface area contributed by atoms with Crippen LogP contribution >= 0.6 is 0 Å². The van der Waals surface area contributed by atoms with Crippen molar-refractivity contribution in [3.05, 3.63) is 22.1 Å². The topological polar surface area (TPSA) is 106 Å². The monoisotopic (exact) mass is 240 g/mol. The molecule has 0 unspecified atom stereocenters. The van der Waals surface area contributed by atoms with Crippen LogP contribution in [-0.2, 0) is 7.05 Å². The number of nitro groups is 1. The second-order valence-electron chi connectivity index (χ2n) is 3.41. The molecular formula is C8H12N6O3. The molecule has 9 nitrogen and oxygen atoms in total. The van der Waals surface area contributed by atoms with Crippen molar-refractivity contribution < 1.29 is 9.72 Å². The molecule has 1 aromatic rings. The Morgan fingerprint density at radius 2 is 2.35 bits per heavy atom. The first-order valence-electron chi connectivity index (χ1n) is 4.59. The number of amides is 1. The Morgan fingerprint density at radius 1 is 1.71 bits per heavy atom. The van der Waals surface area contributed by atoms with Gasteiger partial charge in [0.2, 0.25) is 0 Å². The van der Waals surface area contributed by atoms with Crippen LogP contribution in [0.1, 0.15) is 10.6 Å². The molecule has 92 valence electrons. The fourth-order valence-electron chi connectivity index (χ4n) is 1.03. The first kappa shape index (κ1) is 12.6. The molecule has 1 rings (SSSR count). The van der Waals surface area contributed by atoms with Crippen LogP contribution in [0, 0.1) is 10.1 Å². The van der Waals surface area contributed by atoms with Crippen LogP contribution in [0.4, 0.5) is 5.82 Å². The lowest BCUT2D eigenvalue weighted by atomic mass is 10.6. The van der Waals surface area contributed by atoms with Crippen LogP contribution < -0.4 is 5.43 Å². The summed E-state index contributed by atoms with van der Waals surface area (Å²) < 4.78 is 1.08. The maximum absolute atomic E-state index is 11.5. The summed E-state index contributed by atoms with van der Waals surface area (Å²) in [4.78, 5) is 26.7. The number of hydrogen-bond acceptors (Lipinski definition) is 5. The second-order valence-corrected chi connectivity index (χ2v) is 3.41. The van der Waals surface area contributed by atoms with Crippen LogP contribution in [0.5, 0.6) is 0 Å². The molecule has 0 saturated heterocycles. The van der Waals surface area contributed by atoms with E-state index in [-0.39, 0.29) is 11.6 Å². The first-order chi connectivity index (χ1) is 7.93. The smallest absolute Gasteiger partial charge is 0.343 e. The van der Waals surface area contributed by atoms with Gasteiger partial charge < -0.3 is 15.0 Å². The Kier molecular flexibility index (Phi) is 3.75. The predicted molar refractivity (Wildman–Crippen MR) is 59.5 cm³/mol. The molecule has 1 N–H and O–H groups in total. The van der Waals surface area contributed by atoms with E-state index in [2.05, 4.69) is 15.5 Å². The molecule has 0 aliphatic carbocycles. The molecule has 1 aromatic heterocycles. The number of hydrogen-bond donors (Lipinski definition) is 1. The molecule has 1 amide bonds. The highest BCUT2D eigenvalue weighted by molar-refractivity contribution is 5.91. The van der Waals surface area contributed by atoms with Gasteiger partial charge in [-0.25, -0.2) is 15.0 Å². The molecule has 0 bridgehead atoms. The highest BCUT2D eigenvalue weighted by Gasteiger charge is 2.22. The zero-order valence-corrected chi connectivity index (χ0v) is 9.62. The van der Waals surface area contributed by atoms with E-state index in [0.29, 0.717) is 0 Å². The minimum atomic E-state index is -0.618. The molecule has 0 spiro atoms. The third-order valence-electron chi connectivity index (χ3n) is 1.81. The quantitative estimate of drug-likeness (QED) is 0.332. The zero-order chi connectivity index (χ0) is 13.0. The summed E-state index contributed by atoms with van der Waals surface area (Å²) in [5, 5.41) is 14.2. The molecule has 0 saturated carbocycles. The van der Waals surface area contributed by atoms with E-state index in [1.54, 1.807) is 19.0 Å². The van der Waals surface area contributed by atoms with Crippen molar-refractivity contribution in [1.82, 2.24) is 19.9 Å². The van der Waals surface area contributed by atoms with Crippen molar-refractivity contribution in [2.75, 3.05) is 14.1 Å². The van der Waals surface area contributed by atoms with Gasteiger partial charge in [0, 0.05) is 14.1 Å². The molecule has 0 atom stereocenters. The molecule has 0 aliphatic rings. The minimum absolute atomic E-state index is 0.0763. The molecule has 0 aromatic carbocycles. The van der Waals surface area contributed by atoms with Crippen molar-refractivity contribution in [3.8, 4) is 0 Å². The van der Waals surface area contributed by atoms with Crippen LogP contribution in [-0.4, -0.2) is 45.7 Å². The lowest BCUT2D eigenvalue weighted by Crippen LogP contribution is -2.23. The Hall–Kier alpha value is -2.45. The highest BCUT2D eigenvalue weighted by Crippen LogP contribution is 2.11. The van der Waals surface area contributed by atoms with Gasteiger partial charge in [0.05, 0.1) is 7.05 Å². The summed E-state index contributed by atoms with van der Waals surface area (Å²) in [6, 6.07) is 0. The lowest BCUT2D eigenvalue weighted by Gasteiger charge is -2.02. The molecule has 0 aliphatic heterocycles. The number of carbonyl (C=O) groups excluding carboxylic acids is 1. The fraction of sp³-hybridized carbons (Fsp3) is 0.375. The Morgan fingerprint density at radius 3 is 2.82 bits per heavy atom. The van der Waals surface area contributed by atoms with Gasteiger partial charge in [0.1, 0.15) is 12.5 Å². The van der Waals surface area contributed by atoms with Crippen LogP contribution in [0.3, 0.4) is 0 Å². The fourth-order valence-corrected chi connectivity index (χ4v) is 1.03. The minimum Gasteiger partial charge on any atom is -0.367 e. The van der Waals surface area contributed by atoms with Gasteiger partial charge in [-0.05, 0) is 4.92 Å². The van der Waals surface area contributed by atoms with Crippen molar-refractivity contribution in [1.29, 1.82) is 0 Å². The zero-order valence-electron chi connectivity index (χ0n) is 9.62.